The summed E-state index contributed by atoms with van der Waals surface area (Å²) in [5, 5.41) is 10.7. The maximum Gasteiger partial charge on any atom is 0.257 e. The van der Waals surface area contributed by atoms with Gasteiger partial charge in [-0.1, -0.05) is 5.24 Å². The molecule has 0 aromatic carbocycles. The summed E-state index contributed by atoms with van der Waals surface area (Å²) in [6, 6.07) is 9.23. The molecule has 0 bridgehead atoms. The minimum Gasteiger partial charge on any atom is -0.354 e. The van der Waals surface area contributed by atoms with Gasteiger partial charge in [0.2, 0.25) is 0 Å². The van der Waals surface area contributed by atoms with Gasteiger partial charge in [0, 0.05) is 67.3 Å². The first-order chi connectivity index (χ1) is 16.4. The van der Waals surface area contributed by atoms with Crippen LogP contribution in [-0.2, 0) is 0 Å². The fraction of sp³-hybridized carbons (Fsp3) is 0.227. The van der Waals surface area contributed by atoms with Crippen LogP contribution in [0, 0.1) is 0 Å². The Bertz CT molecular complexity index is 1320. The Hall–Kier alpha value is -3.66. The van der Waals surface area contributed by atoms with Gasteiger partial charge in [0.1, 0.15) is 35.2 Å². The molecule has 0 radical (unpaired) electrons. The van der Waals surface area contributed by atoms with Gasteiger partial charge < -0.3 is 15.1 Å². The molecule has 1 fully saturated rings. The van der Waals surface area contributed by atoms with E-state index in [4.69, 9.17) is 0 Å². The van der Waals surface area contributed by atoms with Gasteiger partial charge in [-0.3, -0.25) is 9.89 Å². The predicted octanol–water partition coefficient (Wildman–Crippen LogP) is -0.700. The molecule has 1 aliphatic heterocycles. The van der Waals surface area contributed by atoms with E-state index in [1.807, 2.05) is 18.2 Å². The van der Waals surface area contributed by atoms with Gasteiger partial charge in [0.05, 0.1) is 17.4 Å². The Morgan fingerprint density at radius 3 is 2.59 bits per heavy atom. The lowest BCUT2D eigenvalue weighted by atomic mass is 9.48. The fourth-order valence-electron chi connectivity index (χ4n) is 4.16. The summed E-state index contributed by atoms with van der Waals surface area (Å²) in [5.74, 6) is 1.04. The average Bonchev–Trinajstić information content (AvgIpc) is 3.38. The number of amides is 1. The second-order valence-electron chi connectivity index (χ2n) is 9.45. The molecule has 5 heterocycles. The Labute approximate surface area is 200 Å². The molecule has 1 saturated heterocycles. The highest BCUT2D eigenvalue weighted by Crippen LogP contribution is 2.22. The molecule has 0 unspecified atom stereocenters. The van der Waals surface area contributed by atoms with Crippen molar-refractivity contribution in [3.63, 3.8) is 0 Å². The molecule has 2 N–H and O–H groups in total. The number of nitrogens with zero attached hydrogens (tertiary/aromatic N) is 6. The number of aromatic nitrogens is 5. The number of carbonyl (C=O) groups is 1. The van der Waals surface area contributed by atoms with E-state index in [0.717, 1.165) is 54.2 Å². The summed E-state index contributed by atoms with van der Waals surface area (Å²) in [6.45, 7) is 3.70. The number of rotatable bonds is 5. The maximum absolute atomic E-state index is 13.0. The first-order valence-corrected chi connectivity index (χ1v) is 11.4. The Balaban J connectivity index is 1.31. The zero-order valence-electron chi connectivity index (χ0n) is 19.6. The molecule has 0 saturated carbocycles. The number of hydrogen-bond acceptors (Lipinski definition) is 7. The van der Waals surface area contributed by atoms with Crippen LogP contribution in [0.2, 0.25) is 0 Å². The maximum atomic E-state index is 13.0. The zero-order valence-corrected chi connectivity index (χ0v) is 19.6. The number of anilines is 2. The number of H-pyrrole nitrogens is 1. The van der Waals surface area contributed by atoms with Crippen molar-refractivity contribution in [2.75, 3.05) is 36.4 Å². The molecular formula is C22H25B3N8O. The van der Waals surface area contributed by atoms with E-state index in [1.165, 1.54) is 0 Å². The Kier molecular flexibility index (Phi) is 5.83. The first kappa shape index (κ1) is 22.2. The number of fused-ring (bicyclic) bond motifs is 1. The second-order valence-corrected chi connectivity index (χ2v) is 9.45. The van der Waals surface area contributed by atoms with E-state index < -0.39 is 0 Å². The normalized spacial score (nSPS) is 14.9. The second kappa shape index (κ2) is 8.94. The van der Waals surface area contributed by atoms with E-state index in [9.17, 15) is 4.79 Å². The highest BCUT2D eigenvalue weighted by molar-refractivity contribution is 6.59. The van der Waals surface area contributed by atoms with Crippen molar-refractivity contribution < 1.29 is 4.79 Å². The number of hydrogen-bond donors (Lipinski definition) is 2. The summed E-state index contributed by atoms with van der Waals surface area (Å²) in [5.41, 5.74) is 2.99. The van der Waals surface area contributed by atoms with Gasteiger partial charge in [0.15, 0.2) is 0 Å². The third-order valence-electron chi connectivity index (χ3n) is 6.17. The van der Waals surface area contributed by atoms with E-state index in [0.29, 0.717) is 11.4 Å². The van der Waals surface area contributed by atoms with Crippen LogP contribution in [0.15, 0.2) is 55.1 Å². The number of nitrogens with one attached hydrogen (secondary N) is 2. The van der Waals surface area contributed by atoms with Crippen LogP contribution in [0.4, 0.5) is 11.6 Å². The van der Waals surface area contributed by atoms with Gasteiger partial charge >= 0.3 is 0 Å². The first-order valence-electron chi connectivity index (χ1n) is 11.4. The van der Waals surface area contributed by atoms with Crippen LogP contribution in [0.5, 0.6) is 0 Å². The molecular weight excluding hydrogens is 425 g/mol. The lowest BCUT2D eigenvalue weighted by Gasteiger charge is -2.43. The minimum atomic E-state index is -0.227. The van der Waals surface area contributed by atoms with Crippen molar-refractivity contribution in [3.05, 3.63) is 60.7 Å². The number of pyridine rings is 3. The van der Waals surface area contributed by atoms with Crippen LogP contribution in [0.3, 0.4) is 0 Å². The molecule has 0 spiro atoms. The predicted molar refractivity (Wildman–Crippen MR) is 141 cm³/mol. The summed E-state index contributed by atoms with van der Waals surface area (Å²) >= 11 is 0. The van der Waals surface area contributed by atoms with Crippen molar-refractivity contribution in [3.8, 4) is 11.3 Å². The van der Waals surface area contributed by atoms with Crippen LogP contribution >= 0.6 is 0 Å². The molecule has 5 rings (SSSR count). The smallest absolute Gasteiger partial charge is 0.257 e. The molecule has 0 atom stereocenters. The van der Waals surface area contributed by atoms with E-state index in [1.54, 1.807) is 36.9 Å². The quantitative estimate of drug-likeness (QED) is 0.388. The number of carbonyl (C=O) groups excluding carboxylic acids is 1. The van der Waals surface area contributed by atoms with Crippen molar-refractivity contribution in [2.24, 2.45) is 0 Å². The van der Waals surface area contributed by atoms with Crippen LogP contribution in [-0.4, -0.2) is 90.9 Å². The molecule has 4 aromatic heterocycles. The van der Waals surface area contributed by atoms with E-state index >= 15 is 0 Å². The van der Waals surface area contributed by atoms with Crippen LogP contribution < -0.4 is 10.2 Å². The lowest BCUT2D eigenvalue weighted by Crippen LogP contribution is -2.58. The largest absolute Gasteiger partial charge is 0.354 e. The molecule has 9 nitrogen and oxygen atoms in total. The summed E-state index contributed by atoms with van der Waals surface area (Å²) < 4.78 is 0. The van der Waals surface area contributed by atoms with Crippen LogP contribution in [0.25, 0.3) is 22.2 Å². The lowest BCUT2D eigenvalue weighted by molar-refractivity contribution is 0.102. The SMILES string of the molecule is BC(B)(B)N1CCN(c2cc(C(=O)Nc3cc4nc(-c5cn[nH]c5)ccc4cn3)ccn2)CC1. The van der Waals surface area contributed by atoms with E-state index in [-0.39, 0.29) is 11.1 Å². The molecule has 0 aliphatic carbocycles. The van der Waals surface area contributed by atoms with Crippen molar-refractivity contribution >= 4 is 52.0 Å². The average molecular weight is 450 g/mol. The van der Waals surface area contributed by atoms with Crippen molar-refractivity contribution in [2.45, 2.75) is 5.24 Å². The molecule has 1 amide bonds. The monoisotopic (exact) mass is 450 g/mol. The minimum absolute atomic E-state index is 0.155. The Morgan fingerprint density at radius 1 is 1.03 bits per heavy atom. The van der Waals surface area contributed by atoms with Gasteiger partial charge in [-0.05, 0) is 24.3 Å². The molecule has 168 valence electrons. The van der Waals surface area contributed by atoms with Gasteiger partial charge in [0.25, 0.3) is 5.91 Å². The van der Waals surface area contributed by atoms with Crippen molar-refractivity contribution in [1.29, 1.82) is 0 Å². The third kappa shape index (κ3) is 4.67. The van der Waals surface area contributed by atoms with Gasteiger partial charge in [-0.25, -0.2) is 15.0 Å². The summed E-state index contributed by atoms with van der Waals surface area (Å²) in [6.07, 6.45) is 6.92. The van der Waals surface area contributed by atoms with Gasteiger partial charge in [-0.2, -0.15) is 5.10 Å². The highest BCUT2D eigenvalue weighted by atomic mass is 16.1. The van der Waals surface area contributed by atoms with E-state index in [2.05, 4.69) is 63.8 Å². The molecule has 34 heavy (non-hydrogen) atoms. The topological polar surface area (TPSA) is 103 Å². The molecule has 4 aromatic rings. The van der Waals surface area contributed by atoms with Gasteiger partial charge in [-0.15, -0.1) is 0 Å². The fourth-order valence-corrected chi connectivity index (χ4v) is 4.16. The summed E-state index contributed by atoms with van der Waals surface area (Å²) in [7, 11) is 6.71. The molecule has 12 heteroatoms. The van der Waals surface area contributed by atoms with Crippen LogP contribution in [0.1, 0.15) is 10.4 Å². The number of piperazine rings is 1. The molecule has 1 aliphatic rings. The standard InChI is InChI=1S/C22H25B3N8O/c23-22(24,25)33-7-5-32(6-8-33)20-9-14(3-4-26-20)21(34)31-19-10-18-15(11-27-19)1-2-17(30-18)16-12-28-29-13-16/h1-4,9-13H,5-8,23-25H2,(H,28,29)(H,27,31,34). The van der Waals surface area contributed by atoms with Crippen molar-refractivity contribution in [1.82, 2.24) is 30.0 Å². The summed E-state index contributed by atoms with van der Waals surface area (Å²) in [4.78, 5) is 31.3. The Morgan fingerprint density at radius 2 is 1.85 bits per heavy atom. The number of aromatic amines is 1. The third-order valence-corrected chi connectivity index (χ3v) is 6.17. The zero-order chi connectivity index (χ0) is 23.7. The highest BCUT2D eigenvalue weighted by Gasteiger charge is 2.26.